The van der Waals surface area contributed by atoms with Crippen LogP contribution in [0.25, 0.3) is 55.0 Å². The number of nitrogens with zero attached hydrogens (tertiary/aromatic N) is 2. The number of hydrogen-bond donors (Lipinski definition) is 0. The van der Waals surface area contributed by atoms with Crippen molar-refractivity contribution in [2.75, 3.05) is 7.15 Å². The molecule has 0 amide bonds. The Hall–Kier alpha value is -5.20. The fourth-order valence-corrected chi connectivity index (χ4v) is 8.91. The van der Waals surface area contributed by atoms with Crippen LogP contribution in [0.15, 0.2) is 146 Å². The molecule has 5 heterocycles. The number of hydrogen-bond acceptors (Lipinski definition) is 6. The molecular weight excluding hydrogens is 848 g/mol. The number of aryl methyl sites for hydroxylation is 1. The summed E-state index contributed by atoms with van der Waals surface area (Å²) in [6.07, 6.45) is 0. The van der Waals surface area contributed by atoms with Gasteiger partial charge in [-0.15, -0.1) is 0 Å². The predicted molar refractivity (Wildman–Crippen MR) is 281 cm³/mol. The first-order valence-electron chi connectivity index (χ1n) is 24.3. The zero-order chi connectivity index (χ0) is 49.7. The molecule has 3 aliphatic rings. The van der Waals surface area contributed by atoms with Crippen LogP contribution in [0.4, 0.5) is 4.39 Å². The standard InChI is InChI=1S/C24H24BNO2.C19H15N.C12H24B2O4.CH3F/c1-23(2)24(3,4)28-25(27-23)17-14-15-22-20(16-17)19-12-8-9-13-21(19)26(22)18-10-6-5-7-11-18;1-14-11-12-19-17(13-14)16-9-5-6-10-18(16)20(19)15-7-3-2-4-8-15;1-9(2)10(3,4)16-13(15-9)14-17-11(5,6)12(7,8)18-14;1-2/h5-16H,1-4H3;2-13H,1H3;1-8H3;1H3/i;;;1D. The van der Waals surface area contributed by atoms with Gasteiger partial charge in [-0.05, 0) is 150 Å². The zero-order valence-corrected chi connectivity index (χ0v) is 42.0. The predicted octanol–water partition coefficient (Wildman–Crippen LogP) is 13.0. The number of para-hydroxylation sites is 4. The maximum Gasteiger partial charge on any atom is 0.494 e. The van der Waals surface area contributed by atoms with Gasteiger partial charge in [-0.25, -0.2) is 0 Å². The van der Waals surface area contributed by atoms with Crippen molar-refractivity contribution < 1.29 is 33.7 Å². The molecule has 3 fully saturated rings. The van der Waals surface area contributed by atoms with Gasteiger partial charge in [0.15, 0.2) is 0 Å². The van der Waals surface area contributed by atoms with E-state index in [-0.39, 0.29) is 40.7 Å². The topological polar surface area (TPSA) is 65.2 Å². The molecule has 0 atom stereocenters. The van der Waals surface area contributed by atoms with Crippen molar-refractivity contribution >= 4 is 70.2 Å². The van der Waals surface area contributed by atoms with E-state index in [9.17, 15) is 4.39 Å². The van der Waals surface area contributed by atoms with Crippen LogP contribution in [0.1, 0.15) is 90.0 Å². The molecule has 0 bridgehead atoms. The minimum atomic E-state index is -1.00. The molecule has 0 unspecified atom stereocenters. The average Bonchev–Trinajstić information content (AvgIpc) is 4.01. The maximum absolute atomic E-state index is 9.96. The summed E-state index contributed by atoms with van der Waals surface area (Å²) in [7, 11) is -2.31. The van der Waals surface area contributed by atoms with E-state index in [1.807, 2.05) is 61.5 Å². The second kappa shape index (κ2) is 18.3. The summed E-state index contributed by atoms with van der Waals surface area (Å²) in [5, 5.41) is 5.09. The Bertz CT molecular complexity index is 3000. The summed E-state index contributed by atoms with van der Waals surface area (Å²) < 4.78 is 56.6. The van der Waals surface area contributed by atoms with Crippen LogP contribution in [0, 0.1) is 6.92 Å². The lowest BCUT2D eigenvalue weighted by Crippen LogP contribution is -2.41. The smallest absolute Gasteiger partial charge is 0.405 e. The molecule has 68 heavy (non-hydrogen) atoms. The lowest BCUT2D eigenvalue weighted by Gasteiger charge is -2.32. The molecule has 8 aromatic rings. The molecule has 12 heteroatoms. The second-order valence-corrected chi connectivity index (χ2v) is 21.0. The van der Waals surface area contributed by atoms with Gasteiger partial charge in [0.25, 0.3) is 0 Å². The van der Waals surface area contributed by atoms with E-state index < -0.39 is 21.2 Å². The molecule has 0 saturated carbocycles. The number of aromatic nitrogens is 2. The minimum absolute atomic E-state index is 0.343. The highest BCUT2D eigenvalue weighted by Gasteiger charge is 2.63. The van der Waals surface area contributed by atoms with Crippen molar-refractivity contribution in [2.24, 2.45) is 0 Å². The van der Waals surface area contributed by atoms with Gasteiger partial charge in [0.2, 0.25) is 0 Å². The van der Waals surface area contributed by atoms with Crippen LogP contribution < -0.4 is 5.46 Å². The van der Waals surface area contributed by atoms with Crippen LogP contribution >= 0.6 is 0 Å². The summed E-state index contributed by atoms with van der Waals surface area (Å²) in [5.74, 6) is 0. The average molecular weight is 916 g/mol. The van der Waals surface area contributed by atoms with Crippen LogP contribution in [0.2, 0.25) is 0 Å². The number of halogens is 1. The Morgan fingerprint density at radius 1 is 0.397 bits per heavy atom. The quantitative estimate of drug-likeness (QED) is 0.164. The van der Waals surface area contributed by atoms with Gasteiger partial charge in [0.1, 0.15) is 0 Å². The van der Waals surface area contributed by atoms with E-state index in [1.54, 1.807) is 0 Å². The highest BCUT2D eigenvalue weighted by molar-refractivity contribution is 7.11. The van der Waals surface area contributed by atoms with Gasteiger partial charge in [-0.3, -0.25) is 4.39 Å². The molecule has 0 spiro atoms. The molecule has 6 aromatic carbocycles. The Morgan fingerprint density at radius 3 is 1.13 bits per heavy atom. The maximum atomic E-state index is 9.96. The Morgan fingerprint density at radius 2 is 0.721 bits per heavy atom. The first kappa shape index (κ1) is 47.9. The van der Waals surface area contributed by atoms with E-state index in [2.05, 4.69) is 183 Å². The third kappa shape index (κ3) is 8.96. The number of benzene rings is 6. The fourth-order valence-electron chi connectivity index (χ4n) is 8.91. The van der Waals surface area contributed by atoms with Gasteiger partial charge in [-0.2, -0.15) is 0 Å². The van der Waals surface area contributed by atoms with Gasteiger partial charge in [-0.1, -0.05) is 96.6 Å². The Labute approximate surface area is 404 Å². The SMILES string of the molecule is CC1(C)OB(B2OC(C)(C)C(C)(C)O2)OC1(C)C.CC1(C)OB(c2ccc3c(c2)c2ccccc2n3-c2ccccc2)OC1(C)C.Cc1ccc2c(c1)c1ccccc1n2-c1ccccc1.[2H]CF. The third-order valence-corrected chi connectivity index (χ3v) is 14.8. The molecule has 0 N–H and O–H groups in total. The van der Waals surface area contributed by atoms with Crippen molar-refractivity contribution in [1.82, 2.24) is 9.13 Å². The molecular formula is C56H66B3FN2O6. The van der Waals surface area contributed by atoms with Gasteiger partial charge in [0, 0.05) is 32.9 Å². The van der Waals surface area contributed by atoms with Crippen molar-refractivity contribution in [3.8, 4) is 11.4 Å². The van der Waals surface area contributed by atoms with Gasteiger partial charge in [0.05, 0.1) is 64.2 Å². The Balaban J connectivity index is 0.000000140. The van der Waals surface area contributed by atoms with E-state index in [1.165, 1.54) is 54.9 Å². The van der Waals surface area contributed by atoms with Crippen molar-refractivity contribution in [3.63, 3.8) is 0 Å². The summed E-state index contributed by atoms with van der Waals surface area (Å²) in [4.78, 5) is 0. The van der Waals surface area contributed by atoms with Crippen LogP contribution in [-0.4, -0.2) is 71.0 Å². The third-order valence-electron chi connectivity index (χ3n) is 14.8. The Kier molecular flexibility index (Phi) is 12.9. The summed E-state index contributed by atoms with van der Waals surface area (Å²) in [5.41, 5.74) is 7.53. The van der Waals surface area contributed by atoms with E-state index >= 15 is 0 Å². The van der Waals surface area contributed by atoms with Gasteiger partial charge >= 0.3 is 21.1 Å². The second-order valence-electron chi connectivity index (χ2n) is 21.0. The zero-order valence-electron chi connectivity index (χ0n) is 43.0. The molecule has 352 valence electrons. The van der Waals surface area contributed by atoms with Crippen molar-refractivity contribution in [1.29, 1.82) is 0 Å². The molecule has 8 nitrogen and oxygen atoms in total. The lowest BCUT2D eigenvalue weighted by atomic mass is 9.49. The van der Waals surface area contributed by atoms with E-state index in [0.717, 1.165) is 11.2 Å². The number of fused-ring (bicyclic) bond motifs is 6. The molecule has 0 aliphatic carbocycles. The number of rotatable bonds is 4. The van der Waals surface area contributed by atoms with Crippen molar-refractivity contribution in [2.45, 2.75) is 124 Å². The van der Waals surface area contributed by atoms with Crippen LogP contribution in [-0.2, 0) is 27.9 Å². The molecule has 0 radical (unpaired) electrons. The normalized spacial score (nSPS) is 19.6. The van der Waals surface area contributed by atoms with Gasteiger partial charge < -0.3 is 37.1 Å². The van der Waals surface area contributed by atoms with Crippen LogP contribution in [0.3, 0.4) is 0 Å². The first-order valence-corrected chi connectivity index (χ1v) is 23.6. The largest absolute Gasteiger partial charge is 0.494 e. The van der Waals surface area contributed by atoms with E-state index in [4.69, 9.17) is 29.3 Å². The fraction of sp³-hybridized carbons (Fsp3) is 0.357. The molecule has 2 aromatic heterocycles. The highest BCUT2D eigenvalue weighted by atomic mass is 19.1. The molecule has 11 rings (SSSR count). The first-order chi connectivity index (χ1) is 32.5. The monoisotopic (exact) mass is 916 g/mol. The van der Waals surface area contributed by atoms with Crippen LogP contribution in [0.5, 0.6) is 0 Å². The number of alkyl halides is 1. The summed E-state index contributed by atoms with van der Waals surface area (Å²) >= 11 is 0. The van der Waals surface area contributed by atoms with E-state index in [0.29, 0.717) is 0 Å². The minimum Gasteiger partial charge on any atom is -0.405 e. The molecule has 3 saturated heterocycles. The summed E-state index contributed by atoms with van der Waals surface area (Å²) in [6.45, 7) is 26.7. The lowest BCUT2D eigenvalue weighted by molar-refractivity contribution is 0.00578. The summed E-state index contributed by atoms with van der Waals surface area (Å²) in [6, 6.07) is 51.4. The highest BCUT2D eigenvalue weighted by Crippen LogP contribution is 2.43. The van der Waals surface area contributed by atoms with Crippen molar-refractivity contribution in [3.05, 3.63) is 151 Å². The molecule has 3 aliphatic heterocycles.